The third-order valence-corrected chi connectivity index (χ3v) is 2.68. The van der Waals surface area contributed by atoms with Gasteiger partial charge in [-0.25, -0.2) is 4.98 Å². The standard InChI is InChI=1S/C13H12ClN3O2/c1-8-7-9(14)5-6-11(8)19-12-4-2-3-10(16-12)13(15)17-18/h2-7,18H,1H3,(H2,15,17). The van der Waals surface area contributed by atoms with Crippen LogP contribution in [0.25, 0.3) is 0 Å². The van der Waals surface area contributed by atoms with E-state index < -0.39 is 0 Å². The van der Waals surface area contributed by atoms with Crippen LogP contribution in [0.2, 0.25) is 5.02 Å². The molecule has 2 rings (SSSR count). The second-order valence-corrected chi connectivity index (χ2v) is 4.29. The lowest BCUT2D eigenvalue weighted by atomic mass is 10.2. The van der Waals surface area contributed by atoms with Crippen molar-refractivity contribution in [2.75, 3.05) is 0 Å². The van der Waals surface area contributed by atoms with Crippen LogP contribution in [0.3, 0.4) is 0 Å². The SMILES string of the molecule is Cc1cc(Cl)ccc1Oc1cccc(C(N)=NO)n1. The smallest absolute Gasteiger partial charge is 0.219 e. The van der Waals surface area contributed by atoms with Gasteiger partial charge in [-0.2, -0.15) is 0 Å². The number of halogens is 1. The van der Waals surface area contributed by atoms with E-state index in [1.807, 2.05) is 6.92 Å². The Balaban J connectivity index is 2.28. The summed E-state index contributed by atoms with van der Waals surface area (Å²) < 4.78 is 5.64. The zero-order valence-corrected chi connectivity index (χ0v) is 10.9. The summed E-state index contributed by atoms with van der Waals surface area (Å²) in [5.74, 6) is 0.932. The normalized spacial score (nSPS) is 11.4. The van der Waals surface area contributed by atoms with Gasteiger partial charge in [0.1, 0.15) is 11.4 Å². The molecule has 19 heavy (non-hydrogen) atoms. The van der Waals surface area contributed by atoms with Gasteiger partial charge in [0.25, 0.3) is 0 Å². The average Bonchev–Trinajstić information content (AvgIpc) is 2.41. The maximum atomic E-state index is 8.61. The molecule has 0 spiro atoms. The molecule has 0 aliphatic rings. The molecule has 0 fully saturated rings. The Morgan fingerprint density at radius 2 is 2.16 bits per heavy atom. The van der Waals surface area contributed by atoms with Gasteiger partial charge in [0.2, 0.25) is 5.88 Å². The third-order valence-electron chi connectivity index (χ3n) is 2.45. The Morgan fingerprint density at radius 1 is 1.37 bits per heavy atom. The van der Waals surface area contributed by atoms with Gasteiger partial charge in [-0.1, -0.05) is 22.8 Å². The maximum Gasteiger partial charge on any atom is 0.219 e. The Labute approximate surface area is 115 Å². The van der Waals surface area contributed by atoms with Gasteiger partial charge >= 0.3 is 0 Å². The van der Waals surface area contributed by atoms with Gasteiger partial charge in [0.05, 0.1) is 0 Å². The van der Waals surface area contributed by atoms with Crippen molar-refractivity contribution in [2.24, 2.45) is 10.9 Å². The number of oxime groups is 1. The van der Waals surface area contributed by atoms with Gasteiger partial charge in [-0.15, -0.1) is 0 Å². The Hall–Kier alpha value is -2.27. The highest BCUT2D eigenvalue weighted by atomic mass is 35.5. The van der Waals surface area contributed by atoms with Crippen molar-refractivity contribution >= 4 is 17.4 Å². The van der Waals surface area contributed by atoms with E-state index in [0.29, 0.717) is 22.3 Å². The molecule has 0 saturated carbocycles. The average molecular weight is 278 g/mol. The molecule has 0 unspecified atom stereocenters. The Morgan fingerprint density at radius 3 is 2.84 bits per heavy atom. The number of hydrogen-bond donors (Lipinski definition) is 2. The third kappa shape index (κ3) is 3.14. The second-order valence-electron chi connectivity index (χ2n) is 3.86. The molecular weight excluding hydrogens is 266 g/mol. The van der Waals surface area contributed by atoms with Gasteiger partial charge < -0.3 is 15.7 Å². The molecule has 1 heterocycles. The number of aromatic nitrogens is 1. The molecule has 5 nitrogen and oxygen atoms in total. The summed E-state index contributed by atoms with van der Waals surface area (Å²) in [4.78, 5) is 4.13. The first-order valence-electron chi connectivity index (χ1n) is 5.49. The molecule has 1 aromatic heterocycles. The molecule has 0 atom stereocenters. The summed E-state index contributed by atoms with van der Waals surface area (Å²) >= 11 is 5.87. The van der Waals surface area contributed by atoms with Crippen LogP contribution in [0.4, 0.5) is 0 Å². The first-order chi connectivity index (χ1) is 9.10. The van der Waals surface area contributed by atoms with Crippen LogP contribution < -0.4 is 10.5 Å². The van der Waals surface area contributed by atoms with E-state index in [1.165, 1.54) is 0 Å². The monoisotopic (exact) mass is 277 g/mol. The zero-order chi connectivity index (χ0) is 13.8. The summed E-state index contributed by atoms with van der Waals surface area (Å²) in [7, 11) is 0. The quantitative estimate of drug-likeness (QED) is 0.391. The summed E-state index contributed by atoms with van der Waals surface area (Å²) in [6.07, 6.45) is 0. The highest BCUT2D eigenvalue weighted by Crippen LogP contribution is 2.26. The molecule has 0 bridgehead atoms. The van der Waals surface area contributed by atoms with Crippen LogP contribution in [0.1, 0.15) is 11.3 Å². The van der Waals surface area contributed by atoms with Crippen LogP contribution in [0.5, 0.6) is 11.6 Å². The van der Waals surface area contributed by atoms with Crippen molar-refractivity contribution in [3.8, 4) is 11.6 Å². The predicted molar refractivity (Wildman–Crippen MR) is 73.0 cm³/mol. The van der Waals surface area contributed by atoms with E-state index in [2.05, 4.69) is 10.1 Å². The fraction of sp³-hybridized carbons (Fsp3) is 0.0769. The van der Waals surface area contributed by atoms with Gasteiger partial charge in [-0.05, 0) is 36.8 Å². The maximum absolute atomic E-state index is 8.61. The van der Waals surface area contributed by atoms with Crippen LogP contribution in [0.15, 0.2) is 41.6 Å². The topological polar surface area (TPSA) is 80.7 Å². The number of pyridine rings is 1. The molecule has 0 saturated heterocycles. The van der Waals surface area contributed by atoms with Crippen molar-refractivity contribution in [3.05, 3.63) is 52.7 Å². The number of benzene rings is 1. The van der Waals surface area contributed by atoms with Crippen molar-refractivity contribution in [1.29, 1.82) is 0 Å². The van der Waals surface area contributed by atoms with E-state index in [-0.39, 0.29) is 5.84 Å². The van der Waals surface area contributed by atoms with Gasteiger partial charge in [0, 0.05) is 11.1 Å². The Bertz CT molecular complexity index is 629. The molecule has 0 aliphatic heterocycles. The molecule has 1 aromatic carbocycles. The second kappa shape index (κ2) is 5.58. The molecule has 2 aromatic rings. The van der Waals surface area contributed by atoms with Crippen LogP contribution in [-0.4, -0.2) is 16.0 Å². The highest BCUT2D eigenvalue weighted by molar-refractivity contribution is 6.30. The minimum atomic E-state index is -0.0710. The zero-order valence-electron chi connectivity index (χ0n) is 10.2. The van der Waals surface area contributed by atoms with Crippen molar-refractivity contribution < 1.29 is 9.94 Å². The number of nitrogens with zero attached hydrogens (tertiary/aromatic N) is 2. The number of hydrogen-bond acceptors (Lipinski definition) is 4. The van der Waals surface area contributed by atoms with E-state index in [4.69, 9.17) is 27.3 Å². The highest BCUT2D eigenvalue weighted by Gasteiger charge is 2.06. The van der Waals surface area contributed by atoms with Crippen LogP contribution in [-0.2, 0) is 0 Å². The number of aryl methyl sites for hydroxylation is 1. The summed E-state index contributed by atoms with van der Waals surface area (Å²) in [5, 5.41) is 12.1. The van der Waals surface area contributed by atoms with Crippen LogP contribution in [0, 0.1) is 6.92 Å². The summed E-state index contributed by atoms with van der Waals surface area (Å²) in [6.45, 7) is 1.88. The van der Waals surface area contributed by atoms with E-state index >= 15 is 0 Å². The number of nitrogens with two attached hydrogens (primary N) is 1. The van der Waals surface area contributed by atoms with Gasteiger partial charge in [0.15, 0.2) is 5.84 Å². The van der Waals surface area contributed by atoms with Gasteiger partial charge in [-0.3, -0.25) is 0 Å². The van der Waals surface area contributed by atoms with E-state index in [9.17, 15) is 0 Å². The molecule has 0 aliphatic carbocycles. The lowest BCUT2D eigenvalue weighted by molar-refractivity contribution is 0.318. The van der Waals surface area contributed by atoms with Crippen LogP contribution >= 0.6 is 11.6 Å². The minimum absolute atomic E-state index is 0.0710. The first-order valence-corrected chi connectivity index (χ1v) is 5.87. The van der Waals surface area contributed by atoms with Crippen molar-refractivity contribution in [3.63, 3.8) is 0 Å². The number of ether oxygens (including phenoxy) is 1. The lowest BCUT2D eigenvalue weighted by Crippen LogP contribution is -2.14. The first kappa shape index (κ1) is 13.2. The molecule has 0 amide bonds. The van der Waals surface area contributed by atoms with E-state index in [1.54, 1.807) is 36.4 Å². The van der Waals surface area contributed by atoms with Crippen molar-refractivity contribution in [2.45, 2.75) is 6.92 Å². The lowest BCUT2D eigenvalue weighted by Gasteiger charge is -2.08. The Kier molecular flexibility index (Phi) is 3.87. The molecule has 3 N–H and O–H groups in total. The van der Waals surface area contributed by atoms with Crippen molar-refractivity contribution in [1.82, 2.24) is 4.98 Å². The fourth-order valence-electron chi connectivity index (χ4n) is 1.51. The number of amidine groups is 1. The fourth-order valence-corrected chi connectivity index (χ4v) is 1.73. The minimum Gasteiger partial charge on any atom is -0.439 e. The summed E-state index contributed by atoms with van der Waals surface area (Å²) in [6, 6.07) is 10.3. The molecule has 6 heteroatoms. The molecule has 98 valence electrons. The predicted octanol–water partition coefficient (Wildman–Crippen LogP) is 2.93. The van der Waals surface area contributed by atoms with E-state index in [0.717, 1.165) is 5.56 Å². The molecule has 0 radical (unpaired) electrons. The molecular formula is C13H12ClN3O2. The summed E-state index contributed by atoms with van der Waals surface area (Å²) in [5.41, 5.74) is 6.70. The largest absolute Gasteiger partial charge is 0.439 e. The number of rotatable bonds is 3.